The second-order valence-electron chi connectivity index (χ2n) is 8.94. The topological polar surface area (TPSA) is 9.23 Å². The first-order chi connectivity index (χ1) is 16.2. The summed E-state index contributed by atoms with van der Waals surface area (Å²) in [6.07, 6.45) is -2.39. The molecule has 3 aromatic rings. The second-order valence-corrected chi connectivity index (χ2v) is 8.94. The summed E-state index contributed by atoms with van der Waals surface area (Å²) in [5.41, 5.74) is 0.654. The number of rotatable bonds is 6. The summed E-state index contributed by atoms with van der Waals surface area (Å²) in [5, 5.41) is 0. The van der Waals surface area contributed by atoms with Crippen LogP contribution in [0.1, 0.15) is 61.6 Å². The molecule has 0 N–H and O–H groups in total. The Hall–Kier alpha value is -2.89. The molecule has 1 fully saturated rings. The van der Waals surface area contributed by atoms with Crippen LogP contribution in [-0.4, -0.2) is 0 Å². The molecule has 0 spiro atoms. The van der Waals surface area contributed by atoms with E-state index < -0.39 is 17.8 Å². The standard InChI is InChI=1S/C28H27F5O/c1-2-19-7-9-20(10-8-19)21-11-17-24(18-12-21)28(32,33)34-26-6-4-3-5-25(26)22-13-15-23(16-14-22)27(29,30)31/h3-6,11-20H,2,7-10H2,1H3/t19-,20-. The van der Waals surface area contributed by atoms with E-state index >= 15 is 8.78 Å². The molecule has 0 heterocycles. The minimum atomic E-state index is -4.47. The van der Waals surface area contributed by atoms with Crippen LogP contribution in [0, 0.1) is 5.92 Å². The molecule has 0 unspecified atom stereocenters. The molecule has 0 bridgehead atoms. The van der Waals surface area contributed by atoms with Gasteiger partial charge in [-0.2, -0.15) is 22.0 Å². The van der Waals surface area contributed by atoms with Gasteiger partial charge in [-0.15, -0.1) is 0 Å². The number of halogens is 5. The molecule has 4 rings (SSSR count). The Morgan fingerprint density at radius 3 is 1.91 bits per heavy atom. The molecule has 0 radical (unpaired) electrons. The SMILES string of the molecule is CC[C@H]1CC[C@H](c2ccc(C(F)(F)Oc3ccccc3-c3ccc(C(F)(F)F)cc3)cc2)CC1. The molecule has 1 saturated carbocycles. The Labute approximate surface area is 196 Å². The molecule has 1 nitrogen and oxygen atoms in total. The lowest BCUT2D eigenvalue weighted by atomic mass is 9.78. The lowest BCUT2D eigenvalue weighted by Gasteiger charge is -2.28. The molecule has 0 amide bonds. The number of alkyl halides is 5. The van der Waals surface area contributed by atoms with Gasteiger partial charge in [0.05, 0.1) is 11.1 Å². The zero-order valence-corrected chi connectivity index (χ0v) is 18.9. The van der Waals surface area contributed by atoms with Crippen LogP contribution in [-0.2, 0) is 12.3 Å². The monoisotopic (exact) mass is 474 g/mol. The molecule has 3 aromatic carbocycles. The fourth-order valence-corrected chi connectivity index (χ4v) is 4.68. The highest BCUT2D eigenvalue weighted by Gasteiger charge is 2.36. The Bertz CT molecular complexity index is 1080. The van der Waals surface area contributed by atoms with Crippen LogP contribution in [0.15, 0.2) is 72.8 Å². The van der Waals surface area contributed by atoms with E-state index in [1.54, 1.807) is 30.3 Å². The van der Waals surface area contributed by atoms with Crippen LogP contribution in [0.25, 0.3) is 11.1 Å². The third kappa shape index (κ3) is 5.43. The fourth-order valence-electron chi connectivity index (χ4n) is 4.68. The van der Waals surface area contributed by atoms with Gasteiger partial charge in [-0.3, -0.25) is 0 Å². The third-order valence-electron chi connectivity index (χ3n) is 6.79. The number of hydrogen-bond donors (Lipinski definition) is 0. The summed E-state index contributed by atoms with van der Waals surface area (Å²) in [7, 11) is 0. The normalized spacial score (nSPS) is 19.1. The maximum atomic E-state index is 15.1. The predicted molar refractivity (Wildman–Crippen MR) is 123 cm³/mol. The zero-order chi connectivity index (χ0) is 24.3. The second kappa shape index (κ2) is 9.77. The molecule has 0 atom stereocenters. The van der Waals surface area contributed by atoms with Crippen molar-refractivity contribution in [2.24, 2.45) is 5.92 Å². The van der Waals surface area contributed by atoms with Crippen molar-refractivity contribution in [3.8, 4) is 16.9 Å². The van der Waals surface area contributed by atoms with E-state index in [1.165, 1.54) is 49.6 Å². The van der Waals surface area contributed by atoms with E-state index in [0.717, 1.165) is 36.5 Å². The van der Waals surface area contributed by atoms with Gasteiger partial charge in [0.25, 0.3) is 0 Å². The summed E-state index contributed by atoms with van der Waals surface area (Å²) in [4.78, 5) is 0. The number of para-hydroxylation sites is 1. The minimum Gasteiger partial charge on any atom is -0.428 e. The van der Waals surface area contributed by atoms with Crippen molar-refractivity contribution < 1.29 is 26.7 Å². The molecule has 0 aliphatic heterocycles. The Balaban J connectivity index is 1.51. The quantitative estimate of drug-likeness (QED) is 0.324. The van der Waals surface area contributed by atoms with Gasteiger partial charge in [-0.1, -0.05) is 55.8 Å². The van der Waals surface area contributed by atoms with Crippen LogP contribution < -0.4 is 4.74 Å². The average Bonchev–Trinajstić information content (AvgIpc) is 2.84. The van der Waals surface area contributed by atoms with Crippen molar-refractivity contribution in [3.63, 3.8) is 0 Å². The molecule has 1 aliphatic rings. The van der Waals surface area contributed by atoms with E-state index in [0.29, 0.717) is 17.0 Å². The van der Waals surface area contributed by atoms with E-state index in [9.17, 15) is 13.2 Å². The van der Waals surface area contributed by atoms with Gasteiger partial charge in [0.2, 0.25) is 0 Å². The van der Waals surface area contributed by atoms with Gasteiger partial charge >= 0.3 is 12.3 Å². The van der Waals surface area contributed by atoms with E-state index in [2.05, 4.69) is 6.92 Å². The van der Waals surface area contributed by atoms with Crippen molar-refractivity contribution in [1.29, 1.82) is 0 Å². The van der Waals surface area contributed by atoms with Crippen LogP contribution in [0.5, 0.6) is 5.75 Å². The summed E-state index contributed by atoms with van der Waals surface area (Å²) >= 11 is 0. The predicted octanol–water partition coefficient (Wildman–Crippen LogP) is 9.18. The third-order valence-corrected chi connectivity index (χ3v) is 6.79. The maximum Gasteiger partial charge on any atom is 0.426 e. The molecule has 34 heavy (non-hydrogen) atoms. The van der Waals surface area contributed by atoms with Crippen molar-refractivity contribution in [2.75, 3.05) is 0 Å². The largest absolute Gasteiger partial charge is 0.428 e. The van der Waals surface area contributed by atoms with Crippen LogP contribution in [0.2, 0.25) is 0 Å². The Kier molecular flexibility index (Phi) is 6.96. The first kappa shape index (κ1) is 24.2. The molecule has 1 aliphatic carbocycles. The smallest absolute Gasteiger partial charge is 0.426 e. The van der Waals surface area contributed by atoms with Crippen LogP contribution in [0.4, 0.5) is 22.0 Å². The summed E-state index contributed by atoms with van der Waals surface area (Å²) in [6.45, 7) is 2.21. The highest BCUT2D eigenvalue weighted by atomic mass is 19.4. The van der Waals surface area contributed by atoms with Crippen molar-refractivity contribution in [3.05, 3.63) is 89.5 Å². The highest BCUT2D eigenvalue weighted by Crippen LogP contribution is 2.40. The highest BCUT2D eigenvalue weighted by molar-refractivity contribution is 5.70. The average molecular weight is 475 g/mol. The Morgan fingerprint density at radius 2 is 1.32 bits per heavy atom. The molecular weight excluding hydrogens is 447 g/mol. The van der Waals surface area contributed by atoms with Gasteiger partial charge in [0.15, 0.2) is 0 Å². The van der Waals surface area contributed by atoms with Crippen molar-refractivity contribution in [1.82, 2.24) is 0 Å². The zero-order valence-electron chi connectivity index (χ0n) is 18.9. The number of ether oxygens (including phenoxy) is 1. The van der Waals surface area contributed by atoms with Gasteiger partial charge in [0, 0.05) is 5.56 Å². The summed E-state index contributed by atoms with van der Waals surface area (Å²) in [6, 6.07) is 16.8. The lowest BCUT2D eigenvalue weighted by molar-refractivity contribution is -0.185. The van der Waals surface area contributed by atoms with E-state index in [1.807, 2.05) is 0 Å². The summed E-state index contributed by atoms with van der Waals surface area (Å²) in [5.74, 6) is 1.05. The van der Waals surface area contributed by atoms with Crippen LogP contribution in [0.3, 0.4) is 0 Å². The van der Waals surface area contributed by atoms with Gasteiger partial charge in [-0.05, 0) is 79.0 Å². The first-order valence-electron chi connectivity index (χ1n) is 11.6. The molecule has 6 heteroatoms. The number of benzene rings is 3. The van der Waals surface area contributed by atoms with Gasteiger partial charge in [0.1, 0.15) is 5.75 Å². The molecule has 0 saturated heterocycles. The summed E-state index contributed by atoms with van der Waals surface area (Å²) < 4.78 is 73.8. The van der Waals surface area contributed by atoms with E-state index in [4.69, 9.17) is 4.74 Å². The van der Waals surface area contributed by atoms with Crippen molar-refractivity contribution in [2.45, 2.75) is 57.2 Å². The molecule has 0 aromatic heterocycles. The molecule has 180 valence electrons. The minimum absolute atomic E-state index is 0.103. The number of hydrogen-bond acceptors (Lipinski definition) is 1. The Morgan fingerprint density at radius 1 is 0.735 bits per heavy atom. The van der Waals surface area contributed by atoms with Gasteiger partial charge < -0.3 is 4.74 Å². The lowest BCUT2D eigenvalue weighted by Crippen LogP contribution is -2.22. The fraction of sp³-hybridized carbons (Fsp3) is 0.357. The first-order valence-corrected chi connectivity index (χ1v) is 11.6. The van der Waals surface area contributed by atoms with Gasteiger partial charge in [-0.25, -0.2) is 0 Å². The maximum absolute atomic E-state index is 15.1. The van der Waals surface area contributed by atoms with Crippen LogP contribution >= 0.6 is 0 Å². The molecular formula is C28H27F5O. The van der Waals surface area contributed by atoms with E-state index in [-0.39, 0.29) is 11.3 Å². The van der Waals surface area contributed by atoms with Crippen molar-refractivity contribution >= 4 is 0 Å².